The average molecular weight is 224 g/mol. The third-order valence-corrected chi connectivity index (χ3v) is 2.95. The molecule has 1 aromatic heterocycles. The lowest BCUT2D eigenvalue weighted by molar-refractivity contribution is 0.273. The van der Waals surface area contributed by atoms with Crippen molar-refractivity contribution in [3.05, 3.63) is 17.5 Å². The Kier molecular flexibility index (Phi) is 4.96. The largest absolute Gasteiger partial charge is 0.311 e. The fourth-order valence-corrected chi connectivity index (χ4v) is 1.56. The summed E-state index contributed by atoms with van der Waals surface area (Å²) in [7, 11) is 4.12. The molecule has 0 amide bonds. The lowest BCUT2D eigenvalue weighted by Gasteiger charge is -2.20. The van der Waals surface area contributed by atoms with Gasteiger partial charge in [0.2, 0.25) is 0 Å². The van der Waals surface area contributed by atoms with Gasteiger partial charge in [-0.05, 0) is 27.8 Å². The lowest BCUT2D eigenvalue weighted by Crippen LogP contribution is -2.33. The highest BCUT2D eigenvalue weighted by atomic mass is 15.3. The van der Waals surface area contributed by atoms with Gasteiger partial charge in [-0.15, -0.1) is 0 Å². The fraction of sp³-hybridized carbons (Fsp3) is 0.750. The summed E-state index contributed by atoms with van der Waals surface area (Å²) in [5, 5.41) is 7.77. The molecule has 1 N–H and O–H groups in total. The molecule has 4 nitrogen and oxygen atoms in total. The van der Waals surface area contributed by atoms with Crippen molar-refractivity contribution >= 4 is 0 Å². The first kappa shape index (κ1) is 13.2. The highest BCUT2D eigenvalue weighted by Crippen LogP contribution is 2.03. The molecule has 0 aromatic carbocycles. The van der Waals surface area contributed by atoms with E-state index in [2.05, 4.69) is 49.3 Å². The van der Waals surface area contributed by atoms with Gasteiger partial charge in [-0.1, -0.05) is 0 Å². The second kappa shape index (κ2) is 6.01. The van der Waals surface area contributed by atoms with Crippen molar-refractivity contribution in [1.29, 1.82) is 0 Å². The molecule has 4 heteroatoms. The number of hydrogen-bond donors (Lipinski definition) is 1. The van der Waals surface area contributed by atoms with E-state index in [1.807, 2.05) is 11.7 Å². The van der Waals surface area contributed by atoms with Crippen molar-refractivity contribution in [2.45, 2.75) is 33.4 Å². The molecule has 0 atom stereocenters. The van der Waals surface area contributed by atoms with E-state index in [4.69, 9.17) is 0 Å². The van der Waals surface area contributed by atoms with E-state index in [1.165, 1.54) is 5.56 Å². The minimum absolute atomic E-state index is 0.613. The van der Waals surface area contributed by atoms with Crippen LogP contribution in [0.1, 0.15) is 25.1 Å². The van der Waals surface area contributed by atoms with Gasteiger partial charge in [0.05, 0.1) is 5.69 Å². The zero-order chi connectivity index (χ0) is 12.1. The normalized spacial score (nSPS) is 11.7. The van der Waals surface area contributed by atoms with Crippen LogP contribution in [0.2, 0.25) is 0 Å². The van der Waals surface area contributed by atoms with Gasteiger partial charge in [0, 0.05) is 44.5 Å². The molecule has 0 saturated carbocycles. The maximum atomic E-state index is 4.32. The predicted octanol–water partition coefficient (Wildman–Crippen LogP) is 1.16. The molecule has 16 heavy (non-hydrogen) atoms. The van der Waals surface area contributed by atoms with Gasteiger partial charge in [0.1, 0.15) is 0 Å². The first-order valence-corrected chi connectivity index (χ1v) is 5.90. The second-order valence-corrected chi connectivity index (χ2v) is 4.66. The Morgan fingerprint density at radius 3 is 2.69 bits per heavy atom. The summed E-state index contributed by atoms with van der Waals surface area (Å²) in [5.41, 5.74) is 2.40. The molecular weight excluding hydrogens is 200 g/mol. The highest BCUT2D eigenvalue weighted by molar-refractivity contribution is 5.14. The van der Waals surface area contributed by atoms with Crippen molar-refractivity contribution in [1.82, 2.24) is 20.0 Å². The second-order valence-electron chi connectivity index (χ2n) is 4.66. The Labute approximate surface area is 98.6 Å². The van der Waals surface area contributed by atoms with E-state index in [9.17, 15) is 0 Å². The minimum Gasteiger partial charge on any atom is -0.311 e. The Morgan fingerprint density at radius 1 is 1.50 bits per heavy atom. The zero-order valence-electron chi connectivity index (χ0n) is 11.1. The monoisotopic (exact) mass is 224 g/mol. The topological polar surface area (TPSA) is 33.1 Å². The van der Waals surface area contributed by atoms with E-state index in [1.54, 1.807) is 0 Å². The van der Waals surface area contributed by atoms with Gasteiger partial charge in [-0.2, -0.15) is 5.10 Å². The summed E-state index contributed by atoms with van der Waals surface area (Å²) >= 11 is 0. The van der Waals surface area contributed by atoms with Crippen molar-refractivity contribution < 1.29 is 0 Å². The van der Waals surface area contributed by atoms with Crippen LogP contribution in [0, 0.1) is 6.92 Å². The molecule has 0 fully saturated rings. The molecular formula is C12H24N4. The third-order valence-electron chi connectivity index (χ3n) is 2.95. The molecule has 1 rings (SSSR count). The van der Waals surface area contributed by atoms with Crippen LogP contribution < -0.4 is 5.32 Å². The number of hydrogen-bond acceptors (Lipinski definition) is 3. The fourth-order valence-electron chi connectivity index (χ4n) is 1.56. The SMILES string of the molecule is Cc1nn(C)cc1CNCCN(C)C(C)C. The first-order valence-electron chi connectivity index (χ1n) is 5.90. The zero-order valence-corrected chi connectivity index (χ0v) is 11.1. The Bertz CT molecular complexity index is 317. The van der Waals surface area contributed by atoms with Crippen LogP contribution in [0.5, 0.6) is 0 Å². The van der Waals surface area contributed by atoms with Crippen molar-refractivity contribution in [2.24, 2.45) is 7.05 Å². The molecule has 0 bridgehead atoms. The lowest BCUT2D eigenvalue weighted by atomic mass is 10.2. The van der Waals surface area contributed by atoms with Crippen molar-refractivity contribution in [3.8, 4) is 0 Å². The van der Waals surface area contributed by atoms with Crippen LogP contribution in [0.15, 0.2) is 6.20 Å². The van der Waals surface area contributed by atoms with Gasteiger partial charge < -0.3 is 10.2 Å². The first-order chi connectivity index (χ1) is 7.50. The summed E-state index contributed by atoms with van der Waals surface area (Å²) in [5.74, 6) is 0. The van der Waals surface area contributed by atoms with Gasteiger partial charge in [-0.25, -0.2) is 0 Å². The molecule has 0 unspecified atom stereocenters. The number of aromatic nitrogens is 2. The Balaban J connectivity index is 2.23. The molecule has 0 saturated heterocycles. The molecule has 0 radical (unpaired) electrons. The van der Waals surface area contributed by atoms with Crippen molar-refractivity contribution in [2.75, 3.05) is 20.1 Å². The van der Waals surface area contributed by atoms with E-state index < -0.39 is 0 Å². The van der Waals surface area contributed by atoms with E-state index in [0.29, 0.717) is 6.04 Å². The molecule has 0 spiro atoms. The number of aryl methyl sites for hydroxylation is 2. The Morgan fingerprint density at radius 2 is 2.19 bits per heavy atom. The molecule has 1 aromatic rings. The number of nitrogens with one attached hydrogen (secondary N) is 1. The molecule has 1 heterocycles. The van der Waals surface area contributed by atoms with Crippen LogP contribution in [-0.4, -0.2) is 40.9 Å². The van der Waals surface area contributed by atoms with E-state index in [-0.39, 0.29) is 0 Å². The summed E-state index contributed by atoms with van der Waals surface area (Å²) in [6, 6.07) is 0.613. The number of likely N-dealkylation sites (N-methyl/N-ethyl adjacent to an activating group) is 1. The van der Waals surface area contributed by atoms with Crippen LogP contribution in [0.3, 0.4) is 0 Å². The van der Waals surface area contributed by atoms with Crippen molar-refractivity contribution in [3.63, 3.8) is 0 Å². The predicted molar refractivity (Wildman–Crippen MR) is 67.4 cm³/mol. The average Bonchev–Trinajstić information content (AvgIpc) is 2.51. The molecule has 0 aliphatic rings. The molecule has 0 aliphatic carbocycles. The van der Waals surface area contributed by atoms with Gasteiger partial charge in [0.25, 0.3) is 0 Å². The standard InChI is InChI=1S/C12H24N4/c1-10(2)15(4)7-6-13-8-12-9-16(5)14-11(12)3/h9-10,13H,6-8H2,1-5H3. The Hall–Kier alpha value is -0.870. The maximum Gasteiger partial charge on any atom is 0.0638 e. The number of nitrogens with zero attached hydrogens (tertiary/aromatic N) is 3. The van der Waals surface area contributed by atoms with Crippen LogP contribution in [-0.2, 0) is 13.6 Å². The maximum absolute atomic E-state index is 4.32. The quantitative estimate of drug-likeness (QED) is 0.736. The molecule has 0 aliphatic heterocycles. The minimum atomic E-state index is 0.613. The third kappa shape index (κ3) is 3.94. The molecule has 92 valence electrons. The van der Waals surface area contributed by atoms with Crippen LogP contribution >= 0.6 is 0 Å². The van der Waals surface area contributed by atoms with Crippen LogP contribution in [0.4, 0.5) is 0 Å². The van der Waals surface area contributed by atoms with Gasteiger partial charge in [-0.3, -0.25) is 4.68 Å². The smallest absolute Gasteiger partial charge is 0.0638 e. The van der Waals surface area contributed by atoms with Gasteiger partial charge in [0.15, 0.2) is 0 Å². The summed E-state index contributed by atoms with van der Waals surface area (Å²) in [6.07, 6.45) is 2.08. The summed E-state index contributed by atoms with van der Waals surface area (Å²) < 4.78 is 1.87. The van der Waals surface area contributed by atoms with Gasteiger partial charge >= 0.3 is 0 Å². The highest BCUT2D eigenvalue weighted by Gasteiger charge is 2.04. The van der Waals surface area contributed by atoms with Crippen LogP contribution in [0.25, 0.3) is 0 Å². The van der Waals surface area contributed by atoms with E-state index in [0.717, 1.165) is 25.3 Å². The number of rotatable bonds is 6. The van der Waals surface area contributed by atoms with E-state index >= 15 is 0 Å². The summed E-state index contributed by atoms with van der Waals surface area (Å²) in [4.78, 5) is 2.34. The summed E-state index contributed by atoms with van der Waals surface area (Å²) in [6.45, 7) is 9.49.